The second-order valence-electron chi connectivity index (χ2n) is 4.31. The standard InChI is InChI=1S/C15H15NO4S/c1-2-20-11-5-3-10(4-6-11)7-14(17)16-13-9-21-8-12(13)15(18)19/h3-6,8-9H,2,7H2,1H3,(H,16,17)(H,18,19). The first kappa shape index (κ1) is 15.1. The summed E-state index contributed by atoms with van der Waals surface area (Å²) in [7, 11) is 0. The summed E-state index contributed by atoms with van der Waals surface area (Å²) in [4.78, 5) is 22.9. The third-order valence-electron chi connectivity index (χ3n) is 2.77. The van der Waals surface area contributed by atoms with Crippen molar-refractivity contribution in [2.24, 2.45) is 0 Å². The molecule has 0 atom stereocenters. The zero-order valence-corrected chi connectivity index (χ0v) is 12.3. The lowest BCUT2D eigenvalue weighted by Crippen LogP contribution is -2.15. The van der Waals surface area contributed by atoms with E-state index in [9.17, 15) is 9.59 Å². The van der Waals surface area contributed by atoms with Gasteiger partial charge in [0.25, 0.3) is 0 Å². The topological polar surface area (TPSA) is 75.6 Å². The molecule has 1 aromatic heterocycles. The van der Waals surface area contributed by atoms with E-state index in [1.54, 1.807) is 17.5 Å². The van der Waals surface area contributed by atoms with Crippen LogP contribution in [-0.2, 0) is 11.2 Å². The van der Waals surface area contributed by atoms with Gasteiger partial charge in [-0.3, -0.25) is 4.79 Å². The number of carbonyl (C=O) groups is 2. The first-order chi connectivity index (χ1) is 10.1. The predicted octanol–water partition coefficient (Wildman–Crippen LogP) is 3.03. The van der Waals surface area contributed by atoms with Gasteiger partial charge in [0.2, 0.25) is 5.91 Å². The molecule has 0 fully saturated rings. The summed E-state index contributed by atoms with van der Waals surface area (Å²) in [6, 6.07) is 7.24. The highest BCUT2D eigenvalue weighted by molar-refractivity contribution is 7.08. The number of carbonyl (C=O) groups excluding carboxylic acids is 1. The zero-order valence-electron chi connectivity index (χ0n) is 11.5. The number of hydrogen-bond acceptors (Lipinski definition) is 4. The van der Waals surface area contributed by atoms with Crippen molar-refractivity contribution in [2.45, 2.75) is 13.3 Å². The predicted molar refractivity (Wildman–Crippen MR) is 81.2 cm³/mol. The normalized spacial score (nSPS) is 10.1. The quantitative estimate of drug-likeness (QED) is 0.860. The van der Waals surface area contributed by atoms with Gasteiger partial charge < -0.3 is 15.2 Å². The Bertz CT molecular complexity index is 633. The van der Waals surface area contributed by atoms with Crippen LogP contribution in [-0.4, -0.2) is 23.6 Å². The highest BCUT2D eigenvalue weighted by atomic mass is 32.1. The molecule has 0 aliphatic rings. The molecule has 2 aromatic rings. The van der Waals surface area contributed by atoms with Gasteiger partial charge in [-0.2, -0.15) is 0 Å². The number of benzene rings is 1. The van der Waals surface area contributed by atoms with Crippen molar-refractivity contribution in [2.75, 3.05) is 11.9 Å². The van der Waals surface area contributed by atoms with E-state index < -0.39 is 5.97 Å². The molecular formula is C15H15NO4S. The van der Waals surface area contributed by atoms with E-state index in [1.807, 2.05) is 19.1 Å². The van der Waals surface area contributed by atoms with Gasteiger partial charge in [0.05, 0.1) is 24.3 Å². The Labute approximate surface area is 126 Å². The maximum absolute atomic E-state index is 11.9. The Hall–Kier alpha value is -2.34. The van der Waals surface area contributed by atoms with Crippen LogP contribution in [0.15, 0.2) is 35.0 Å². The second-order valence-corrected chi connectivity index (χ2v) is 5.05. The Kier molecular flexibility index (Phi) is 4.94. The minimum Gasteiger partial charge on any atom is -0.494 e. The molecule has 0 spiro atoms. The minimum absolute atomic E-state index is 0.111. The number of aromatic carboxylic acids is 1. The number of nitrogens with one attached hydrogen (secondary N) is 1. The van der Waals surface area contributed by atoms with E-state index in [0.717, 1.165) is 11.3 Å². The Morgan fingerprint density at radius 2 is 1.95 bits per heavy atom. The number of thiophene rings is 1. The summed E-state index contributed by atoms with van der Waals surface area (Å²) in [5, 5.41) is 14.7. The third kappa shape index (κ3) is 4.06. The zero-order chi connectivity index (χ0) is 15.2. The van der Waals surface area contributed by atoms with E-state index >= 15 is 0 Å². The Morgan fingerprint density at radius 1 is 1.24 bits per heavy atom. The lowest BCUT2D eigenvalue weighted by molar-refractivity contribution is -0.115. The van der Waals surface area contributed by atoms with Crippen LogP contribution in [0, 0.1) is 0 Å². The lowest BCUT2D eigenvalue weighted by atomic mass is 10.1. The molecule has 0 saturated carbocycles. The van der Waals surface area contributed by atoms with Gasteiger partial charge in [-0.15, -0.1) is 11.3 Å². The van der Waals surface area contributed by atoms with E-state index in [2.05, 4.69) is 5.32 Å². The lowest BCUT2D eigenvalue weighted by Gasteiger charge is -2.06. The Balaban J connectivity index is 1.98. The average Bonchev–Trinajstić information content (AvgIpc) is 2.89. The van der Waals surface area contributed by atoms with Gasteiger partial charge in [0.15, 0.2) is 0 Å². The van der Waals surface area contributed by atoms with Crippen molar-refractivity contribution in [3.8, 4) is 5.75 Å². The monoisotopic (exact) mass is 305 g/mol. The number of rotatable bonds is 6. The fourth-order valence-electron chi connectivity index (χ4n) is 1.81. The summed E-state index contributed by atoms with van der Waals surface area (Å²) < 4.78 is 5.33. The smallest absolute Gasteiger partial charge is 0.338 e. The molecule has 1 amide bonds. The number of carboxylic acids is 1. The van der Waals surface area contributed by atoms with Crippen molar-refractivity contribution in [3.05, 3.63) is 46.2 Å². The number of anilines is 1. The van der Waals surface area contributed by atoms with Crippen LogP contribution < -0.4 is 10.1 Å². The van der Waals surface area contributed by atoms with Crippen LogP contribution in [0.2, 0.25) is 0 Å². The molecule has 1 heterocycles. The van der Waals surface area contributed by atoms with Crippen LogP contribution in [0.3, 0.4) is 0 Å². The fraction of sp³-hybridized carbons (Fsp3) is 0.200. The molecule has 0 radical (unpaired) electrons. The first-order valence-electron chi connectivity index (χ1n) is 6.41. The van der Waals surface area contributed by atoms with Crippen molar-refractivity contribution >= 4 is 28.9 Å². The molecule has 6 heteroatoms. The van der Waals surface area contributed by atoms with E-state index in [0.29, 0.717) is 12.3 Å². The van der Waals surface area contributed by atoms with Crippen LogP contribution in [0.5, 0.6) is 5.75 Å². The van der Waals surface area contributed by atoms with Crippen molar-refractivity contribution in [1.82, 2.24) is 0 Å². The summed E-state index contributed by atoms with van der Waals surface area (Å²) in [5.74, 6) is -0.541. The molecule has 2 N–H and O–H groups in total. The molecule has 0 bridgehead atoms. The summed E-state index contributed by atoms with van der Waals surface area (Å²) >= 11 is 1.24. The van der Waals surface area contributed by atoms with Gasteiger partial charge in [-0.25, -0.2) is 4.79 Å². The van der Waals surface area contributed by atoms with Crippen LogP contribution in [0.1, 0.15) is 22.8 Å². The van der Waals surface area contributed by atoms with Crippen molar-refractivity contribution in [3.63, 3.8) is 0 Å². The molecule has 0 aliphatic heterocycles. The SMILES string of the molecule is CCOc1ccc(CC(=O)Nc2cscc2C(=O)O)cc1. The van der Waals surface area contributed by atoms with Gasteiger partial charge in [-0.1, -0.05) is 12.1 Å². The maximum atomic E-state index is 11.9. The van der Waals surface area contributed by atoms with E-state index in [1.165, 1.54) is 16.7 Å². The van der Waals surface area contributed by atoms with Crippen molar-refractivity contribution in [1.29, 1.82) is 0 Å². The van der Waals surface area contributed by atoms with E-state index in [4.69, 9.17) is 9.84 Å². The van der Waals surface area contributed by atoms with Gasteiger partial charge in [-0.05, 0) is 24.6 Å². The first-order valence-corrected chi connectivity index (χ1v) is 7.35. The highest BCUT2D eigenvalue weighted by Gasteiger charge is 2.13. The van der Waals surface area contributed by atoms with Gasteiger partial charge >= 0.3 is 5.97 Å². The molecule has 1 aromatic carbocycles. The average molecular weight is 305 g/mol. The molecule has 21 heavy (non-hydrogen) atoms. The number of carboxylic acid groups (broad SMARTS) is 1. The molecule has 0 saturated heterocycles. The van der Waals surface area contributed by atoms with Crippen LogP contribution >= 0.6 is 11.3 Å². The second kappa shape index (κ2) is 6.90. The molecule has 2 rings (SSSR count). The Morgan fingerprint density at radius 3 is 2.57 bits per heavy atom. The molecular weight excluding hydrogens is 290 g/mol. The van der Waals surface area contributed by atoms with E-state index in [-0.39, 0.29) is 17.9 Å². The maximum Gasteiger partial charge on any atom is 0.338 e. The summed E-state index contributed by atoms with van der Waals surface area (Å²) in [5.41, 5.74) is 1.28. The fourth-order valence-corrected chi connectivity index (χ4v) is 2.56. The van der Waals surface area contributed by atoms with Crippen molar-refractivity contribution < 1.29 is 19.4 Å². The van der Waals surface area contributed by atoms with Gasteiger partial charge in [0, 0.05) is 10.8 Å². The molecule has 110 valence electrons. The van der Waals surface area contributed by atoms with Gasteiger partial charge in [0.1, 0.15) is 5.75 Å². The summed E-state index contributed by atoms with van der Waals surface area (Å²) in [6.07, 6.45) is 0.182. The highest BCUT2D eigenvalue weighted by Crippen LogP contribution is 2.21. The number of amides is 1. The third-order valence-corrected chi connectivity index (χ3v) is 3.51. The summed E-state index contributed by atoms with van der Waals surface area (Å²) in [6.45, 7) is 2.50. The molecule has 0 aliphatic carbocycles. The number of ether oxygens (including phenoxy) is 1. The minimum atomic E-state index is -1.05. The number of hydrogen-bond donors (Lipinski definition) is 2. The van der Waals surface area contributed by atoms with Crippen LogP contribution in [0.25, 0.3) is 0 Å². The molecule has 0 unspecified atom stereocenters. The largest absolute Gasteiger partial charge is 0.494 e. The molecule has 5 nitrogen and oxygen atoms in total. The van der Waals surface area contributed by atoms with Crippen LogP contribution in [0.4, 0.5) is 5.69 Å².